The van der Waals surface area contributed by atoms with E-state index >= 15 is 0 Å². The monoisotopic (exact) mass is 276 g/mol. The number of benzene rings is 1. The van der Waals surface area contributed by atoms with E-state index in [-0.39, 0.29) is 11.8 Å². The predicted octanol–water partition coefficient (Wildman–Crippen LogP) is 2.72. The Morgan fingerprint density at radius 2 is 2.05 bits per heavy atom. The highest BCUT2D eigenvalue weighted by atomic mass is 16.5. The van der Waals surface area contributed by atoms with Crippen LogP contribution in [0, 0.1) is 0 Å². The molecule has 4 heteroatoms. The van der Waals surface area contributed by atoms with Gasteiger partial charge in [-0.2, -0.15) is 0 Å². The third-order valence-corrected chi connectivity index (χ3v) is 3.86. The number of rotatable bonds is 6. The second-order valence-corrected chi connectivity index (χ2v) is 5.22. The number of Topliss-reactive ketones (excluding diaryl/α,β-unsaturated/α-hetero) is 1. The molecular formula is C16H24N2O2. The average molecular weight is 276 g/mol. The van der Waals surface area contributed by atoms with Gasteiger partial charge < -0.3 is 10.5 Å². The number of nitrogen functional groups attached to an aromatic ring is 1. The Kier molecular flexibility index (Phi) is 5.01. The smallest absolute Gasteiger partial charge is 0.180 e. The lowest BCUT2D eigenvalue weighted by Gasteiger charge is -2.25. The molecule has 0 bridgehead atoms. The molecule has 4 nitrogen and oxygen atoms in total. The van der Waals surface area contributed by atoms with E-state index in [2.05, 4.69) is 11.8 Å². The van der Waals surface area contributed by atoms with E-state index in [9.17, 15) is 4.79 Å². The highest BCUT2D eigenvalue weighted by molar-refractivity contribution is 6.01. The van der Waals surface area contributed by atoms with Gasteiger partial charge in [-0.15, -0.1) is 0 Å². The minimum absolute atomic E-state index is 0.0187. The predicted molar refractivity (Wildman–Crippen MR) is 81.2 cm³/mol. The normalized spacial score (nSPS) is 17.1. The first-order chi connectivity index (χ1) is 9.67. The van der Waals surface area contributed by atoms with Crippen LogP contribution in [-0.4, -0.2) is 36.4 Å². The number of hydrogen-bond donors (Lipinski definition) is 1. The van der Waals surface area contributed by atoms with Crippen molar-refractivity contribution in [3.63, 3.8) is 0 Å². The highest BCUT2D eigenvalue weighted by Gasteiger charge is 2.27. The van der Waals surface area contributed by atoms with Crippen molar-refractivity contribution in [1.82, 2.24) is 4.90 Å². The van der Waals surface area contributed by atoms with Gasteiger partial charge in [0.2, 0.25) is 0 Å². The van der Waals surface area contributed by atoms with Crippen LogP contribution in [0.2, 0.25) is 0 Å². The van der Waals surface area contributed by atoms with Crippen LogP contribution in [0.25, 0.3) is 0 Å². The summed E-state index contributed by atoms with van der Waals surface area (Å²) in [6, 6.07) is 5.34. The second-order valence-electron chi connectivity index (χ2n) is 5.22. The molecule has 0 aromatic heterocycles. The zero-order valence-electron chi connectivity index (χ0n) is 12.4. The third kappa shape index (κ3) is 3.12. The number of nitrogens with zero attached hydrogens (tertiary/aromatic N) is 1. The second kappa shape index (κ2) is 6.75. The molecule has 0 saturated carbocycles. The summed E-state index contributed by atoms with van der Waals surface area (Å²) >= 11 is 0. The van der Waals surface area contributed by atoms with Crippen LogP contribution in [0.3, 0.4) is 0 Å². The summed E-state index contributed by atoms with van der Waals surface area (Å²) in [6.45, 7) is 6.61. The summed E-state index contributed by atoms with van der Waals surface area (Å²) in [4.78, 5) is 14.9. The van der Waals surface area contributed by atoms with E-state index in [0.29, 0.717) is 23.6 Å². The number of anilines is 1. The van der Waals surface area contributed by atoms with Crippen LogP contribution >= 0.6 is 0 Å². The van der Waals surface area contributed by atoms with Crippen LogP contribution in [0.5, 0.6) is 5.75 Å². The van der Waals surface area contributed by atoms with E-state index in [4.69, 9.17) is 10.5 Å². The molecule has 2 N–H and O–H groups in total. The SMILES string of the molecule is CCOc1ccc(C(=O)C(CC)N2CCCC2)cc1N. The molecule has 110 valence electrons. The van der Waals surface area contributed by atoms with Crippen molar-refractivity contribution in [2.24, 2.45) is 0 Å². The molecule has 2 rings (SSSR count). The first kappa shape index (κ1) is 14.9. The third-order valence-electron chi connectivity index (χ3n) is 3.86. The molecule has 1 atom stereocenters. The minimum atomic E-state index is -0.0187. The van der Waals surface area contributed by atoms with Crippen molar-refractivity contribution in [1.29, 1.82) is 0 Å². The molecule has 1 aromatic rings. The Bertz CT molecular complexity index is 468. The van der Waals surface area contributed by atoms with Crippen LogP contribution in [0.4, 0.5) is 5.69 Å². The molecule has 0 amide bonds. The van der Waals surface area contributed by atoms with Crippen LogP contribution in [0.1, 0.15) is 43.5 Å². The van der Waals surface area contributed by atoms with Gasteiger partial charge in [-0.1, -0.05) is 6.92 Å². The van der Waals surface area contributed by atoms with Gasteiger partial charge in [-0.3, -0.25) is 9.69 Å². The maximum absolute atomic E-state index is 12.6. The van der Waals surface area contributed by atoms with Crippen LogP contribution < -0.4 is 10.5 Å². The fourth-order valence-electron chi connectivity index (χ4n) is 2.84. The first-order valence-corrected chi connectivity index (χ1v) is 7.48. The number of ketones is 1. The Balaban J connectivity index is 2.16. The molecule has 1 aromatic carbocycles. The van der Waals surface area contributed by atoms with E-state index in [0.717, 1.165) is 19.5 Å². The fourth-order valence-corrected chi connectivity index (χ4v) is 2.84. The summed E-state index contributed by atoms with van der Waals surface area (Å²) in [6.07, 6.45) is 3.22. The molecule has 0 radical (unpaired) electrons. The van der Waals surface area contributed by atoms with Crippen molar-refractivity contribution >= 4 is 11.5 Å². The molecule has 1 saturated heterocycles. The van der Waals surface area contributed by atoms with Gasteiger partial charge in [0, 0.05) is 5.56 Å². The van der Waals surface area contributed by atoms with Gasteiger partial charge in [0.1, 0.15) is 5.75 Å². The average Bonchev–Trinajstić information content (AvgIpc) is 2.96. The van der Waals surface area contributed by atoms with Crippen LogP contribution in [0.15, 0.2) is 18.2 Å². The topological polar surface area (TPSA) is 55.6 Å². The maximum Gasteiger partial charge on any atom is 0.180 e. The summed E-state index contributed by atoms with van der Waals surface area (Å²) in [5.74, 6) is 0.822. The van der Waals surface area contributed by atoms with Gasteiger partial charge in [-0.05, 0) is 57.5 Å². The van der Waals surface area contributed by atoms with Crippen molar-refractivity contribution < 1.29 is 9.53 Å². The van der Waals surface area contributed by atoms with Gasteiger partial charge in [0.25, 0.3) is 0 Å². The van der Waals surface area contributed by atoms with Gasteiger partial charge in [-0.25, -0.2) is 0 Å². The molecule has 1 aliphatic rings. The molecule has 1 aliphatic heterocycles. The maximum atomic E-state index is 12.6. The molecule has 1 unspecified atom stereocenters. The van der Waals surface area contributed by atoms with Crippen molar-refractivity contribution in [2.75, 3.05) is 25.4 Å². The van der Waals surface area contributed by atoms with E-state index < -0.39 is 0 Å². The summed E-state index contributed by atoms with van der Waals surface area (Å²) < 4.78 is 5.41. The summed E-state index contributed by atoms with van der Waals surface area (Å²) in [5.41, 5.74) is 7.17. The number of ether oxygens (including phenoxy) is 1. The highest BCUT2D eigenvalue weighted by Crippen LogP contribution is 2.25. The fraction of sp³-hybridized carbons (Fsp3) is 0.562. The molecule has 0 spiro atoms. The number of likely N-dealkylation sites (tertiary alicyclic amines) is 1. The Morgan fingerprint density at radius 3 is 2.60 bits per heavy atom. The zero-order valence-corrected chi connectivity index (χ0v) is 12.4. The Hall–Kier alpha value is -1.55. The Morgan fingerprint density at radius 1 is 1.35 bits per heavy atom. The number of hydrogen-bond acceptors (Lipinski definition) is 4. The van der Waals surface area contributed by atoms with Crippen molar-refractivity contribution in [2.45, 2.75) is 39.2 Å². The van der Waals surface area contributed by atoms with Crippen molar-refractivity contribution in [3.05, 3.63) is 23.8 Å². The van der Waals surface area contributed by atoms with Crippen molar-refractivity contribution in [3.8, 4) is 5.75 Å². The zero-order chi connectivity index (χ0) is 14.5. The number of nitrogens with two attached hydrogens (primary N) is 1. The lowest BCUT2D eigenvalue weighted by atomic mass is 10.0. The minimum Gasteiger partial charge on any atom is -0.492 e. The lowest BCUT2D eigenvalue weighted by Crippen LogP contribution is -2.38. The largest absolute Gasteiger partial charge is 0.492 e. The summed E-state index contributed by atoms with van der Waals surface area (Å²) in [7, 11) is 0. The van der Waals surface area contributed by atoms with E-state index in [1.165, 1.54) is 12.8 Å². The van der Waals surface area contributed by atoms with E-state index in [1.54, 1.807) is 12.1 Å². The summed E-state index contributed by atoms with van der Waals surface area (Å²) in [5, 5.41) is 0. The van der Waals surface area contributed by atoms with Gasteiger partial charge >= 0.3 is 0 Å². The lowest BCUT2D eigenvalue weighted by molar-refractivity contribution is 0.0844. The molecule has 0 aliphatic carbocycles. The molecule has 1 fully saturated rings. The Labute approximate surface area is 120 Å². The van der Waals surface area contributed by atoms with Gasteiger partial charge in [0.05, 0.1) is 18.3 Å². The molecular weight excluding hydrogens is 252 g/mol. The standard InChI is InChI=1S/C16H24N2O2/c1-3-14(18-9-5-6-10-18)16(19)12-7-8-15(20-4-2)13(17)11-12/h7-8,11,14H,3-6,9-10,17H2,1-2H3. The first-order valence-electron chi connectivity index (χ1n) is 7.48. The molecule has 20 heavy (non-hydrogen) atoms. The van der Waals surface area contributed by atoms with Crippen LogP contribution in [-0.2, 0) is 0 Å². The van der Waals surface area contributed by atoms with E-state index in [1.807, 2.05) is 13.0 Å². The number of carbonyl (C=O) groups is 1. The van der Waals surface area contributed by atoms with Gasteiger partial charge in [0.15, 0.2) is 5.78 Å². The molecule has 1 heterocycles. The quantitative estimate of drug-likeness (QED) is 0.641. The number of carbonyl (C=O) groups excluding carboxylic acids is 1.